The van der Waals surface area contributed by atoms with Crippen LogP contribution in [0.1, 0.15) is 45.1 Å². The number of benzene rings is 1. The number of carbonyl (C=O) groups is 5. The minimum Gasteiger partial charge on any atom is -0.368 e. The van der Waals surface area contributed by atoms with Crippen LogP contribution < -0.4 is 16.4 Å². The summed E-state index contributed by atoms with van der Waals surface area (Å²) >= 11 is 0. The Hall–Kier alpha value is -3.43. The van der Waals surface area contributed by atoms with Crippen molar-refractivity contribution in [2.24, 2.45) is 5.73 Å². The zero-order chi connectivity index (χ0) is 24.8. The molecular weight excluding hydrogens is 438 g/mol. The molecular formula is C24H33N5O5. The number of rotatable bonds is 8. The van der Waals surface area contributed by atoms with Crippen LogP contribution in [-0.2, 0) is 30.4 Å². The maximum atomic E-state index is 13.1. The van der Waals surface area contributed by atoms with Crippen LogP contribution in [0.5, 0.6) is 0 Å². The van der Waals surface area contributed by atoms with E-state index in [0.29, 0.717) is 32.4 Å². The second-order valence-corrected chi connectivity index (χ2v) is 8.94. The monoisotopic (exact) mass is 471 g/mol. The molecule has 4 N–H and O–H groups in total. The molecule has 5 amide bonds. The molecule has 184 valence electrons. The normalized spacial score (nSPS) is 21.6. The molecule has 1 aromatic rings. The van der Waals surface area contributed by atoms with E-state index in [2.05, 4.69) is 10.6 Å². The lowest BCUT2D eigenvalue weighted by Crippen LogP contribution is -2.57. The van der Waals surface area contributed by atoms with Gasteiger partial charge in [0.05, 0.1) is 0 Å². The van der Waals surface area contributed by atoms with Gasteiger partial charge in [-0.15, -0.1) is 0 Å². The smallest absolute Gasteiger partial charge is 0.245 e. The molecule has 0 unspecified atom stereocenters. The number of nitrogens with zero attached hydrogens (tertiary/aromatic N) is 2. The number of amides is 5. The van der Waals surface area contributed by atoms with Gasteiger partial charge in [0.15, 0.2) is 0 Å². The quantitative estimate of drug-likeness (QED) is 0.477. The Bertz CT molecular complexity index is 937. The van der Waals surface area contributed by atoms with Crippen LogP contribution in [0.3, 0.4) is 0 Å². The molecule has 10 nitrogen and oxygen atoms in total. The summed E-state index contributed by atoms with van der Waals surface area (Å²) in [4.78, 5) is 65.4. The highest BCUT2D eigenvalue weighted by atomic mass is 16.2. The summed E-state index contributed by atoms with van der Waals surface area (Å²) in [6, 6.07) is 6.13. The number of hydrogen-bond acceptors (Lipinski definition) is 5. The number of carbonyl (C=O) groups excluding carboxylic acids is 5. The Labute approximate surface area is 199 Å². The van der Waals surface area contributed by atoms with Gasteiger partial charge in [-0.2, -0.15) is 0 Å². The van der Waals surface area contributed by atoms with Crippen molar-refractivity contribution in [2.75, 3.05) is 13.1 Å². The molecule has 0 aromatic heterocycles. The highest BCUT2D eigenvalue weighted by Gasteiger charge is 2.39. The first-order chi connectivity index (χ1) is 16.2. The van der Waals surface area contributed by atoms with Crippen molar-refractivity contribution < 1.29 is 24.0 Å². The highest BCUT2D eigenvalue weighted by Crippen LogP contribution is 2.20. The predicted molar refractivity (Wildman–Crippen MR) is 124 cm³/mol. The van der Waals surface area contributed by atoms with Crippen molar-refractivity contribution >= 4 is 29.5 Å². The van der Waals surface area contributed by atoms with E-state index in [0.717, 1.165) is 12.0 Å². The summed E-state index contributed by atoms with van der Waals surface area (Å²) in [6.45, 7) is 3.89. The molecule has 2 aliphatic heterocycles. The van der Waals surface area contributed by atoms with Gasteiger partial charge in [0.25, 0.3) is 0 Å². The van der Waals surface area contributed by atoms with Gasteiger partial charge in [0, 0.05) is 26.4 Å². The van der Waals surface area contributed by atoms with Crippen LogP contribution in [0.15, 0.2) is 30.3 Å². The zero-order valence-corrected chi connectivity index (χ0v) is 19.7. The molecule has 0 bridgehead atoms. The summed E-state index contributed by atoms with van der Waals surface area (Å²) in [5.41, 5.74) is 6.37. The highest BCUT2D eigenvalue weighted by molar-refractivity contribution is 5.95. The van der Waals surface area contributed by atoms with Crippen LogP contribution in [0.4, 0.5) is 0 Å². The SMILES string of the molecule is CC(=O)N1CCC[C@H]1C(=O)N[C@@H](C)C(=O)N1CCC[C@H]1C(=O)N[C@@H](Cc1ccccc1)C(N)=O. The van der Waals surface area contributed by atoms with Crippen molar-refractivity contribution in [1.29, 1.82) is 0 Å². The van der Waals surface area contributed by atoms with Gasteiger partial charge in [0.2, 0.25) is 29.5 Å². The van der Waals surface area contributed by atoms with Crippen LogP contribution in [0.2, 0.25) is 0 Å². The van der Waals surface area contributed by atoms with E-state index in [4.69, 9.17) is 5.73 Å². The summed E-state index contributed by atoms with van der Waals surface area (Å²) < 4.78 is 0. The standard InChI is InChI=1S/C24H33N5O5/c1-15(26-22(32)19-10-6-12-28(19)16(2)30)24(34)29-13-7-11-20(29)23(33)27-18(21(25)31)14-17-8-4-3-5-9-17/h3-5,8-9,15,18-20H,6-7,10-14H2,1-2H3,(H2,25,31)(H,26,32)(H,27,33)/t15-,18-,19-,20-/m0/s1. The lowest BCUT2D eigenvalue weighted by atomic mass is 10.0. The number of nitrogens with two attached hydrogens (primary N) is 1. The number of nitrogens with one attached hydrogen (secondary N) is 2. The molecule has 2 heterocycles. The predicted octanol–water partition coefficient (Wildman–Crippen LogP) is -0.294. The minimum absolute atomic E-state index is 0.174. The second kappa shape index (κ2) is 11.1. The van der Waals surface area contributed by atoms with Gasteiger partial charge in [-0.05, 0) is 38.2 Å². The fourth-order valence-corrected chi connectivity index (χ4v) is 4.68. The molecule has 34 heavy (non-hydrogen) atoms. The van der Waals surface area contributed by atoms with Gasteiger partial charge in [-0.3, -0.25) is 24.0 Å². The van der Waals surface area contributed by atoms with Crippen LogP contribution >= 0.6 is 0 Å². The van der Waals surface area contributed by atoms with E-state index in [1.807, 2.05) is 30.3 Å². The fraction of sp³-hybridized carbons (Fsp3) is 0.542. The van der Waals surface area contributed by atoms with Crippen molar-refractivity contribution in [2.45, 2.75) is 70.1 Å². The average Bonchev–Trinajstić information content (AvgIpc) is 3.48. The van der Waals surface area contributed by atoms with E-state index >= 15 is 0 Å². The first-order valence-electron chi connectivity index (χ1n) is 11.7. The number of hydrogen-bond donors (Lipinski definition) is 3. The minimum atomic E-state index is -0.899. The lowest BCUT2D eigenvalue weighted by Gasteiger charge is -2.29. The molecule has 2 saturated heterocycles. The van der Waals surface area contributed by atoms with E-state index in [9.17, 15) is 24.0 Å². The summed E-state index contributed by atoms with van der Waals surface area (Å²) in [5, 5.41) is 5.40. The molecule has 2 fully saturated rings. The molecule has 1 aromatic carbocycles. The van der Waals surface area contributed by atoms with Gasteiger partial charge < -0.3 is 26.2 Å². The van der Waals surface area contributed by atoms with Gasteiger partial charge in [-0.1, -0.05) is 30.3 Å². The molecule has 4 atom stereocenters. The molecule has 10 heteroatoms. The summed E-state index contributed by atoms with van der Waals surface area (Å²) in [5.74, 6) is -2.02. The Balaban J connectivity index is 1.61. The third-order valence-electron chi connectivity index (χ3n) is 6.47. The van der Waals surface area contributed by atoms with E-state index < -0.39 is 36.0 Å². The van der Waals surface area contributed by atoms with Crippen molar-refractivity contribution in [3.8, 4) is 0 Å². The maximum Gasteiger partial charge on any atom is 0.245 e. The Morgan fingerprint density at radius 2 is 1.50 bits per heavy atom. The maximum absolute atomic E-state index is 13.1. The third-order valence-corrected chi connectivity index (χ3v) is 6.47. The topological polar surface area (TPSA) is 142 Å². The molecule has 0 aliphatic carbocycles. The first kappa shape index (κ1) is 25.2. The van der Waals surface area contributed by atoms with E-state index in [1.165, 1.54) is 16.7 Å². The molecule has 2 aliphatic rings. The molecule has 0 spiro atoms. The lowest BCUT2D eigenvalue weighted by molar-refractivity contribution is -0.143. The largest absolute Gasteiger partial charge is 0.368 e. The molecule has 3 rings (SSSR count). The van der Waals surface area contributed by atoms with Crippen molar-refractivity contribution in [1.82, 2.24) is 20.4 Å². The average molecular weight is 472 g/mol. The van der Waals surface area contributed by atoms with Crippen LogP contribution in [-0.4, -0.2) is 76.6 Å². The second-order valence-electron chi connectivity index (χ2n) is 8.94. The van der Waals surface area contributed by atoms with Gasteiger partial charge >= 0.3 is 0 Å². The van der Waals surface area contributed by atoms with Crippen molar-refractivity contribution in [3.63, 3.8) is 0 Å². The summed E-state index contributed by atoms with van der Waals surface area (Å²) in [6.07, 6.45) is 2.62. The fourth-order valence-electron chi connectivity index (χ4n) is 4.68. The Morgan fingerprint density at radius 1 is 0.941 bits per heavy atom. The Kier molecular flexibility index (Phi) is 8.25. The molecule has 0 radical (unpaired) electrons. The zero-order valence-electron chi connectivity index (χ0n) is 19.7. The summed E-state index contributed by atoms with van der Waals surface area (Å²) in [7, 11) is 0. The Morgan fingerprint density at radius 3 is 2.09 bits per heavy atom. The first-order valence-corrected chi connectivity index (χ1v) is 11.7. The number of likely N-dealkylation sites (tertiary alicyclic amines) is 2. The van der Waals surface area contributed by atoms with E-state index in [1.54, 1.807) is 6.92 Å². The van der Waals surface area contributed by atoms with Gasteiger partial charge in [-0.25, -0.2) is 0 Å². The van der Waals surface area contributed by atoms with Crippen LogP contribution in [0, 0.1) is 0 Å². The van der Waals surface area contributed by atoms with Crippen LogP contribution in [0.25, 0.3) is 0 Å². The van der Waals surface area contributed by atoms with Crippen molar-refractivity contribution in [3.05, 3.63) is 35.9 Å². The third kappa shape index (κ3) is 5.92. The molecule has 0 saturated carbocycles. The van der Waals surface area contributed by atoms with Gasteiger partial charge in [0.1, 0.15) is 24.2 Å². The van der Waals surface area contributed by atoms with E-state index in [-0.39, 0.29) is 24.1 Å². The number of primary amides is 1.